The highest BCUT2D eigenvalue weighted by atomic mass is 16.3. The third-order valence-corrected chi connectivity index (χ3v) is 5.88. The summed E-state index contributed by atoms with van der Waals surface area (Å²) in [6, 6.07) is 2.02. The molecule has 0 atom stereocenters. The van der Waals surface area contributed by atoms with E-state index in [9.17, 15) is 4.79 Å². The quantitative estimate of drug-likeness (QED) is 0.815. The first kappa shape index (κ1) is 18.2. The molecule has 1 amide bonds. The Labute approximate surface area is 160 Å². The van der Waals surface area contributed by atoms with Crippen LogP contribution < -0.4 is 0 Å². The van der Waals surface area contributed by atoms with Crippen LogP contribution in [0, 0.1) is 0 Å². The number of piperidine rings is 1. The molecule has 2 aromatic heterocycles. The number of fused-ring (bicyclic) bond motifs is 2. The summed E-state index contributed by atoms with van der Waals surface area (Å²) in [4.78, 5) is 26.5. The van der Waals surface area contributed by atoms with Crippen LogP contribution in [0.25, 0.3) is 0 Å². The number of hydrogen-bond donors (Lipinski definition) is 0. The maximum atomic E-state index is 12.7. The van der Waals surface area contributed by atoms with Gasteiger partial charge in [0.25, 0.3) is 5.91 Å². The molecule has 27 heavy (non-hydrogen) atoms. The number of hydrogen-bond acceptors (Lipinski definition) is 5. The fourth-order valence-electron chi connectivity index (χ4n) is 4.29. The standard InChI is InChI=1S/C21H28N4O2/c1-20(2,3)19-22-11-16-17(23-19)21(14-24(4)18(16)26)6-8-25(9-7-21)12-15-5-10-27-13-15/h5,10-11,13H,6-9,12,14H2,1-4H3. The van der Waals surface area contributed by atoms with Crippen LogP contribution in [0.15, 0.2) is 29.2 Å². The first-order valence-electron chi connectivity index (χ1n) is 9.65. The van der Waals surface area contributed by atoms with E-state index in [0.29, 0.717) is 5.56 Å². The predicted molar refractivity (Wildman–Crippen MR) is 103 cm³/mol. The lowest BCUT2D eigenvalue weighted by atomic mass is 9.71. The highest BCUT2D eigenvalue weighted by Crippen LogP contribution is 2.41. The van der Waals surface area contributed by atoms with Gasteiger partial charge in [-0.2, -0.15) is 0 Å². The van der Waals surface area contributed by atoms with Crippen LogP contribution in [0.5, 0.6) is 0 Å². The van der Waals surface area contributed by atoms with Crippen molar-refractivity contribution in [1.29, 1.82) is 0 Å². The first-order valence-corrected chi connectivity index (χ1v) is 9.65. The smallest absolute Gasteiger partial charge is 0.257 e. The molecule has 2 aliphatic rings. The summed E-state index contributed by atoms with van der Waals surface area (Å²) in [5.74, 6) is 0.857. The minimum absolute atomic E-state index is 0.0388. The van der Waals surface area contributed by atoms with Gasteiger partial charge in [-0.05, 0) is 32.0 Å². The lowest BCUT2D eigenvalue weighted by Crippen LogP contribution is -2.54. The van der Waals surface area contributed by atoms with Crippen molar-refractivity contribution in [1.82, 2.24) is 19.8 Å². The van der Waals surface area contributed by atoms with Gasteiger partial charge >= 0.3 is 0 Å². The van der Waals surface area contributed by atoms with E-state index in [4.69, 9.17) is 9.40 Å². The monoisotopic (exact) mass is 368 g/mol. The molecule has 4 heterocycles. The Bertz CT molecular complexity index is 830. The molecule has 2 aromatic rings. The number of rotatable bonds is 2. The molecule has 144 valence electrons. The van der Waals surface area contributed by atoms with E-state index in [1.807, 2.05) is 24.3 Å². The Morgan fingerprint density at radius 3 is 2.63 bits per heavy atom. The summed E-state index contributed by atoms with van der Waals surface area (Å²) in [6.45, 7) is 9.97. The molecule has 1 spiro atoms. The van der Waals surface area contributed by atoms with Gasteiger partial charge in [0.2, 0.25) is 0 Å². The third kappa shape index (κ3) is 3.27. The number of amides is 1. The zero-order chi connectivity index (χ0) is 19.2. The van der Waals surface area contributed by atoms with E-state index >= 15 is 0 Å². The molecule has 0 bridgehead atoms. The zero-order valence-corrected chi connectivity index (χ0v) is 16.7. The van der Waals surface area contributed by atoms with Crippen LogP contribution in [0.3, 0.4) is 0 Å². The van der Waals surface area contributed by atoms with Crippen molar-refractivity contribution < 1.29 is 9.21 Å². The molecule has 4 rings (SSSR count). The number of carbonyl (C=O) groups excluding carboxylic acids is 1. The van der Waals surface area contributed by atoms with Crippen molar-refractivity contribution >= 4 is 5.91 Å². The number of likely N-dealkylation sites (tertiary alicyclic amines) is 1. The second-order valence-corrected chi connectivity index (χ2v) is 9.06. The van der Waals surface area contributed by atoms with Crippen LogP contribution in [-0.4, -0.2) is 52.4 Å². The minimum atomic E-state index is -0.134. The molecule has 0 aromatic carbocycles. The number of carbonyl (C=O) groups is 1. The van der Waals surface area contributed by atoms with Crippen molar-refractivity contribution in [2.45, 2.75) is 51.0 Å². The molecule has 0 radical (unpaired) electrons. The second kappa shape index (κ2) is 6.44. The third-order valence-electron chi connectivity index (χ3n) is 5.88. The Morgan fingerprint density at radius 1 is 1.26 bits per heavy atom. The Hall–Kier alpha value is -2.21. The minimum Gasteiger partial charge on any atom is -0.472 e. The van der Waals surface area contributed by atoms with Gasteiger partial charge in [0, 0.05) is 42.7 Å². The summed E-state index contributed by atoms with van der Waals surface area (Å²) in [6.07, 6.45) is 7.28. The van der Waals surface area contributed by atoms with Gasteiger partial charge in [0.05, 0.1) is 23.8 Å². The predicted octanol–water partition coefficient (Wildman–Crippen LogP) is 2.99. The first-order chi connectivity index (χ1) is 12.8. The normalized spacial score (nSPS) is 20.1. The van der Waals surface area contributed by atoms with Gasteiger partial charge in [-0.1, -0.05) is 20.8 Å². The molecule has 1 fully saturated rings. The molecule has 1 saturated heterocycles. The number of likely N-dealkylation sites (N-methyl/N-ethyl adjacent to an activating group) is 1. The maximum absolute atomic E-state index is 12.7. The van der Waals surface area contributed by atoms with Gasteiger partial charge in [-0.25, -0.2) is 9.97 Å². The van der Waals surface area contributed by atoms with Crippen molar-refractivity contribution in [3.8, 4) is 0 Å². The summed E-state index contributed by atoms with van der Waals surface area (Å²) in [7, 11) is 1.89. The molecule has 0 aliphatic carbocycles. The van der Waals surface area contributed by atoms with Crippen LogP contribution >= 0.6 is 0 Å². The van der Waals surface area contributed by atoms with E-state index in [-0.39, 0.29) is 16.7 Å². The van der Waals surface area contributed by atoms with Gasteiger partial charge in [-0.15, -0.1) is 0 Å². The topological polar surface area (TPSA) is 62.5 Å². The van der Waals surface area contributed by atoms with Crippen LogP contribution in [0.2, 0.25) is 0 Å². The molecule has 6 heteroatoms. The average Bonchev–Trinajstić information content (AvgIpc) is 3.14. The molecule has 0 unspecified atom stereocenters. The number of furan rings is 1. The molecule has 0 saturated carbocycles. The maximum Gasteiger partial charge on any atom is 0.257 e. The fourth-order valence-corrected chi connectivity index (χ4v) is 4.29. The van der Waals surface area contributed by atoms with Gasteiger partial charge in [0.15, 0.2) is 0 Å². The molecule has 6 nitrogen and oxygen atoms in total. The van der Waals surface area contributed by atoms with Crippen LogP contribution in [0.1, 0.15) is 61.1 Å². The van der Waals surface area contributed by atoms with E-state index in [1.165, 1.54) is 5.56 Å². The molecular formula is C21H28N4O2. The van der Waals surface area contributed by atoms with Crippen molar-refractivity contribution in [3.63, 3.8) is 0 Å². The second-order valence-electron chi connectivity index (χ2n) is 9.06. The summed E-state index contributed by atoms with van der Waals surface area (Å²) in [5.41, 5.74) is 2.64. The van der Waals surface area contributed by atoms with E-state index in [2.05, 4.69) is 30.7 Å². The molecular weight excluding hydrogens is 340 g/mol. The average molecular weight is 368 g/mol. The highest BCUT2D eigenvalue weighted by Gasteiger charge is 2.46. The van der Waals surface area contributed by atoms with Gasteiger partial charge in [0.1, 0.15) is 5.82 Å². The number of nitrogens with zero attached hydrogens (tertiary/aromatic N) is 4. The van der Waals surface area contributed by atoms with Gasteiger partial charge in [-0.3, -0.25) is 9.69 Å². The van der Waals surface area contributed by atoms with E-state index in [0.717, 1.165) is 50.5 Å². The Balaban J connectivity index is 1.64. The van der Waals surface area contributed by atoms with E-state index in [1.54, 1.807) is 12.5 Å². The molecule has 2 aliphatic heterocycles. The lowest BCUT2D eigenvalue weighted by molar-refractivity contribution is 0.0622. The zero-order valence-electron chi connectivity index (χ0n) is 16.7. The lowest BCUT2D eigenvalue weighted by Gasteiger charge is -2.46. The summed E-state index contributed by atoms with van der Waals surface area (Å²) >= 11 is 0. The van der Waals surface area contributed by atoms with Crippen molar-refractivity contribution in [3.05, 3.63) is 47.4 Å². The Morgan fingerprint density at radius 2 is 2.00 bits per heavy atom. The number of aromatic nitrogens is 2. The van der Waals surface area contributed by atoms with Crippen LogP contribution in [-0.2, 0) is 17.4 Å². The highest BCUT2D eigenvalue weighted by molar-refractivity contribution is 5.96. The van der Waals surface area contributed by atoms with Crippen LogP contribution in [0.4, 0.5) is 0 Å². The molecule has 0 N–H and O–H groups in total. The van der Waals surface area contributed by atoms with Gasteiger partial charge < -0.3 is 9.32 Å². The fraction of sp³-hybridized carbons (Fsp3) is 0.571. The summed E-state index contributed by atoms with van der Waals surface area (Å²) < 4.78 is 5.20. The SMILES string of the molecule is CN1CC2(CCN(Cc3ccoc3)CC2)c2nc(C(C)(C)C)ncc2C1=O. The van der Waals surface area contributed by atoms with Crippen molar-refractivity contribution in [2.24, 2.45) is 0 Å². The Kier molecular flexibility index (Phi) is 4.34. The van der Waals surface area contributed by atoms with Crippen molar-refractivity contribution in [2.75, 3.05) is 26.7 Å². The summed E-state index contributed by atoms with van der Waals surface area (Å²) in [5, 5.41) is 0. The largest absolute Gasteiger partial charge is 0.472 e. The van der Waals surface area contributed by atoms with E-state index < -0.39 is 0 Å².